The number of carbonyl (C=O) groups excluding carboxylic acids is 1. The van der Waals surface area contributed by atoms with Gasteiger partial charge in [0.05, 0.1) is 16.6 Å². The number of carbonyl (C=O) groups is 1. The minimum absolute atomic E-state index is 0.0843. The summed E-state index contributed by atoms with van der Waals surface area (Å²) < 4.78 is 11.8. The van der Waals surface area contributed by atoms with Crippen LogP contribution >= 0.6 is 11.6 Å². The number of halogens is 1. The summed E-state index contributed by atoms with van der Waals surface area (Å²) in [5, 5.41) is 8.29. The average Bonchev–Trinajstić information content (AvgIpc) is 3.15. The van der Waals surface area contributed by atoms with Crippen LogP contribution in [0, 0.1) is 0 Å². The quantitative estimate of drug-likeness (QED) is 0.298. The number of furan rings is 1. The molecule has 0 aliphatic rings. The third kappa shape index (κ3) is 5.05. The van der Waals surface area contributed by atoms with Crippen LogP contribution in [0.15, 0.2) is 34.9 Å². The molecule has 1 aromatic carbocycles. The molecule has 0 spiro atoms. The Balaban J connectivity index is 1.73. The molecule has 0 bridgehead atoms. The number of rotatable bonds is 8. The SMILES string of the molecule is CCCNc1c(C(N)=O)oc2ccc3nc(Oc4nc(Cl)ncc4CNC(C)(C)C)ccc3c12. The number of nitrogens with zero attached hydrogens (tertiary/aromatic N) is 3. The Morgan fingerprint density at radius 2 is 2.00 bits per heavy atom. The number of hydrogen-bond acceptors (Lipinski definition) is 8. The van der Waals surface area contributed by atoms with Gasteiger partial charge in [-0.05, 0) is 57.0 Å². The van der Waals surface area contributed by atoms with E-state index < -0.39 is 5.91 Å². The molecule has 0 fully saturated rings. The fourth-order valence-electron chi connectivity index (χ4n) is 3.47. The predicted octanol–water partition coefficient (Wildman–Crippen LogP) is 5.03. The van der Waals surface area contributed by atoms with Crippen molar-refractivity contribution >= 4 is 45.1 Å². The van der Waals surface area contributed by atoms with Crippen LogP contribution in [0.2, 0.25) is 5.28 Å². The number of fused-ring (bicyclic) bond motifs is 3. The second-order valence-electron chi connectivity index (χ2n) is 8.93. The molecule has 0 aliphatic carbocycles. The van der Waals surface area contributed by atoms with Gasteiger partial charge in [0, 0.05) is 41.8 Å². The van der Waals surface area contributed by atoms with Crippen LogP contribution in [-0.4, -0.2) is 32.9 Å². The minimum Gasteiger partial charge on any atom is -0.449 e. The van der Waals surface area contributed by atoms with Gasteiger partial charge in [-0.15, -0.1) is 0 Å². The molecule has 0 radical (unpaired) electrons. The number of ether oxygens (including phenoxy) is 1. The van der Waals surface area contributed by atoms with E-state index in [1.165, 1.54) is 0 Å². The summed E-state index contributed by atoms with van der Waals surface area (Å²) in [4.78, 5) is 24.9. The fraction of sp³-hybridized carbons (Fsp3) is 0.333. The number of benzene rings is 1. The van der Waals surface area contributed by atoms with E-state index in [1.54, 1.807) is 24.4 Å². The Hall–Kier alpha value is -3.43. The monoisotopic (exact) mass is 482 g/mol. The van der Waals surface area contributed by atoms with Crippen molar-refractivity contribution in [3.63, 3.8) is 0 Å². The number of pyridine rings is 1. The van der Waals surface area contributed by atoms with Crippen LogP contribution in [-0.2, 0) is 6.54 Å². The number of nitrogens with one attached hydrogen (secondary N) is 2. The van der Waals surface area contributed by atoms with Crippen LogP contribution in [0.4, 0.5) is 5.69 Å². The number of anilines is 1. The summed E-state index contributed by atoms with van der Waals surface area (Å²) in [5.41, 5.74) is 7.99. The third-order valence-corrected chi connectivity index (χ3v) is 5.26. The molecule has 1 amide bonds. The number of amides is 1. The first-order valence-corrected chi connectivity index (χ1v) is 11.4. The number of aromatic nitrogens is 3. The second-order valence-corrected chi connectivity index (χ2v) is 9.27. The third-order valence-electron chi connectivity index (χ3n) is 5.08. The van der Waals surface area contributed by atoms with Crippen molar-refractivity contribution in [3.05, 3.63) is 47.1 Å². The molecule has 178 valence electrons. The summed E-state index contributed by atoms with van der Waals surface area (Å²) in [6.45, 7) is 9.41. The fourth-order valence-corrected chi connectivity index (χ4v) is 3.60. The van der Waals surface area contributed by atoms with Crippen molar-refractivity contribution in [2.75, 3.05) is 11.9 Å². The molecule has 34 heavy (non-hydrogen) atoms. The second kappa shape index (κ2) is 9.44. The normalized spacial score (nSPS) is 11.8. The van der Waals surface area contributed by atoms with Crippen molar-refractivity contribution in [1.82, 2.24) is 20.3 Å². The lowest BCUT2D eigenvalue weighted by Crippen LogP contribution is -2.35. The number of hydrogen-bond donors (Lipinski definition) is 3. The van der Waals surface area contributed by atoms with Gasteiger partial charge in [-0.1, -0.05) is 6.92 Å². The molecule has 0 aliphatic heterocycles. The van der Waals surface area contributed by atoms with Gasteiger partial charge in [-0.3, -0.25) is 4.79 Å². The maximum atomic E-state index is 11.9. The molecule has 0 saturated carbocycles. The molecule has 4 aromatic rings. The Labute approximate surface area is 202 Å². The van der Waals surface area contributed by atoms with Crippen molar-refractivity contribution in [3.8, 4) is 11.8 Å². The number of primary amides is 1. The lowest BCUT2D eigenvalue weighted by molar-refractivity contribution is 0.0977. The van der Waals surface area contributed by atoms with Crippen LogP contribution in [0.1, 0.15) is 50.2 Å². The van der Waals surface area contributed by atoms with Crippen molar-refractivity contribution < 1.29 is 13.9 Å². The molecule has 0 saturated heterocycles. The van der Waals surface area contributed by atoms with Gasteiger partial charge >= 0.3 is 0 Å². The first kappa shape index (κ1) is 23.7. The summed E-state index contributed by atoms with van der Waals surface area (Å²) in [6, 6.07) is 7.17. The zero-order valence-electron chi connectivity index (χ0n) is 19.5. The lowest BCUT2D eigenvalue weighted by atomic mass is 10.1. The highest BCUT2D eigenvalue weighted by molar-refractivity contribution is 6.28. The Morgan fingerprint density at radius 1 is 1.21 bits per heavy atom. The summed E-state index contributed by atoms with van der Waals surface area (Å²) in [7, 11) is 0. The maximum absolute atomic E-state index is 11.9. The van der Waals surface area contributed by atoms with Gasteiger partial charge in [0.25, 0.3) is 5.91 Å². The van der Waals surface area contributed by atoms with Gasteiger partial charge in [-0.25, -0.2) is 9.97 Å². The molecule has 0 unspecified atom stereocenters. The van der Waals surface area contributed by atoms with E-state index in [0.717, 1.165) is 22.8 Å². The highest BCUT2D eigenvalue weighted by Crippen LogP contribution is 2.37. The van der Waals surface area contributed by atoms with E-state index >= 15 is 0 Å². The van der Waals surface area contributed by atoms with Crippen LogP contribution in [0.25, 0.3) is 21.9 Å². The average molecular weight is 483 g/mol. The van der Waals surface area contributed by atoms with Gasteiger partial charge in [0.2, 0.25) is 22.8 Å². The van der Waals surface area contributed by atoms with Crippen LogP contribution in [0.5, 0.6) is 11.8 Å². The maximum Gasteiger partial charge on any atom is 0.286 e. The predicted molar refractivity (Wildman–Crippen MR) is 133 cm³/mol. The molecule has 4 N–H and O–H groups in total. The van der Waals surface area contributed by atoms with Gasteiger partial charge in [0.1, 0.15) is 5.58 Å². The standard InChI is InChI=1S/C24H27ClN6O3/c1-5-10-27-19-18-14-6-9-17(30-15(14)7-8-16(18)33-20(19)21(26)32)34-22-13(11-28-23(25)31-22)12-29-24(2,3)4/h6-9,11,27,29H,5,10,12H2,1-4H3,(H2,26,32). The molecular weight excluding hydrogens is 456 g/mol. The molecule has 9 nitrogen and oxygen atoms in total. The van der Waals surface area contributed by atoms with Gasteiger partial charge in [0.15, 0.2) is 0 Å². The molecule has 3 aromatic heterocycles. The molecule has 3 heterocycles. The first-order valence-electron chi connectivity index (χ1n) is 11.0. The van der Waals surface area contributed by atoms with Crippen molar-refractivity contribution in [1.29, 1.82) is 0 Å². The summed E-state index contributed by atoms with van der Waals surface area (Å²) in [6.07, 6.45) is 2.51. The van der Waals surface area contributed by atoms with Crippen molar-refractivity contribution in [2.45, 2.75) is 46.2 Å². The van der Waals surface area contributed by atoms with Crippen molar-refractivity contribution in [2.24, 2.45) is 5.73 Å². The van der Waals surface area contributed by atoms with Gasteiger partial charge in [-0.2, -0.15) is 4.98 Å². The molecule has 4 rings (SSSR count). The lowest BCUT2D eigenvalue weighted by Gasteiger charge is -2.21. The van der Waals surface area contributed by atoms with E-state index in [1.807, 2.05) is 13.0 Å². The van der Waals surface area contributed by atoms with E-state index in [0.29, 0.717) is 41.6 Å². The van der Waals surface area contributed by atoms with E-state index in [-0.39, 0.29) is 16.6 Å². The Bertz CT molecular complexity index is 1360. The Kier molecular flexibility index (Phi) is 6.58. The van der Waals surface area contributed by atoms with E-state index in [9.17, 15) is 4.79 Å². The first-order chi connectivity index (χ1) is 16.2. The van der Waals surface area contributed by atoms with E-state index in [2.05, 4.69) is 46.4 Å². The highest BCUT2D eigenvalue weighted by atomic mass is 35.5. The summed E-state index contributed by atoms with van der Waals surface area (Å²) in [5.74, 6) is 0.144. The van der Waals surface area contributed by atoms with Gasteiger partial charge < -0.3 is 25.5 Å². The zero-order valence-corrected chi connectivity index (χ0v) is 20.3. The van der Waals surface area contributed by atoms with E-state index in [4.69, 9.17) is 26.5 Å². The smallest absolute Gasteiger partial charge is 0.286 e. The Morgan fingerprint density at radius 3 is 2.71 bits per heavy atom. The molecule has 10 heteroatoms. The largest absolute Gasteiger partial charge is 0.449 e. The topological polar surface area (TPSA) is 128 Å². The minimum atomic E-state index is -0.632. The van der Waals surface area contributed by atoms with Crippen LogP contribution in [0.3, 0.4) is 0 Å². The van der Waals surface area contributed by atoms with Crippen LogP contribution < -0.4 is 21.1 Å². The zero-order chi connectivity index (χ0) is 24.5. The molecular formula is C24H27ClN6O3. The molecule has 0 atom stereocenters. The number of nitrogens with two attached hydrogens (primary N) is 1. The summed E-state index contributed by atoms with van der Waals surface area (Å²) >= 11 is 6.02. The highest BCUT2D eigenvalue weighted by Gasteiger charge is 2.21.